The maximum Gasteiger partial charge on any atom is 0.119 e. The third-order valence-corrected chi connectivity index (χ3v) is 5.04. The number of methoxy groups -OCH3 is 1. The third-order valence-electron chi connectivity index (χ3n) is 5.04. The number of aliphatic imine (C=N–C) groups is 1. The molecule has 0 aromatic heterocycles. The average Bonchev–Trinajstić information content (AvgIpc) is 2.89. The Morgan fingerprint density at radius 2 is 1.60 bits per heavy atom. The van der Waals surface area contributed by atoms with E-state index in [1.54, 1.807) is 7.11 Å². The van der Waals surface area contributed by atoms with Crippen LogP contribution in [0.25, 0.3) is 0 Å². The molecule has 0 unspecified atom stereocenters. The van der Waals surface area contributed by atoms with Gasteiger partial charge in [-0.1, -0.05) is 41.5 Å². The SMILES string of the molecule is COc1ccc(/N=C(/CC2=C(C)C(C)=C(C)C2)c2ccccc2)cc1. The lowest BCUT2D eigenvalue weighted by Gasteiger charge is -2.10. The summed E-state index contributed by atoms with van der Waals surface area (Å²) in [6.45, 7) is 6.69. The van der Waals surface area contributed by atoms with Gasteiger partial charge in [0.1, 0.15) is 5.75 Å². The Morgan fingerprint density at radius 1 is 0.920 bits per heavy atom. The van der Waals surface area contributed by atoms with Crippen LogP contribution in [0.3, 0.4) is 0 Å². The molecule has 1 aliphatic carbocycles. The number of hydrogen-bond acceptors (Lipinski definition) is 2. The molecule has 128 valence electrons. The molecular formula is C23H25NO. The first-order valence-corrected chi connectivity index (χ1v) is 8.71. The van der Waals surface area contributed by atoms with Crippen molar-refractivity contribution in [3.05, 3.63) is 82.5 Å². The van der Waals surface area contributed by atoms with Crippen molar-refractivity contribution in [3.63, 3.8) is 0 Å². The predicted octanol–water partition coefficient (Wildman–Crippen LogP) is 6.26. The Morgan fingerprint density at radius 3 is 2.16 bits per heavy atom. The highest BCUT2D eigenvalue weighted by molar-refractivity contribution is 6.03. The van der Waals surface area contributed by atoms with E-state index in [4.69, 9.17) is 9.73 Å². The number of benzene rings is 2. The zero-order chi connectivity index (χ0) is 17.8. The molecule has 0 heterocycles. The van der Waals surface area contributed by atoms with Crippen LogP contribution in [0.4, 0.5) is 5.69 Å². The van der Waals surface area contributed by atoms with Crippen molar-refractivity contribution >= 4 is 11.4 Å². The molecule has 3 rings (SSSR count). The molecule has 2 aromatic rings. The fourth-order valence-electron chi connectivity index (χ4n) is 3.22. The molecule has 0 amide bonds. The molecule has 2 heteroatoms. The number of allylic oxidation sites excluding steroid dienone is 4. The molecule has 0 aliphatic heterocycles. The molecule has 0 atom stereocenters. The summed E-state index contributed by atoms with van der Waals surface area (Å²) < 4.78 is 5.24. The molecule has 0 spiro atoms. The average molecular weight is 331 g/mol. The van der Waals surface area contributed by atoms with Gasteiger partial charge >= 0.3 is 0 Å². The van der Waals surface area contributed by atoms with Crippen LogP contribution in [0.15, 0.2) is 81.9 Å². The minimum Gasteiger partial charge on any atom is -0.497 e. The van der Waals surface area contributed by atoms with E-state index in [1.807, 2.05) is 30.3 Å². The maximum atomic E-state index is 5.24. The zero-order valence-electron chi connectivity index (χ0n) is 15.5. The lowest BCUT2D eigenvalue weighted by atomic mass is 9.98. The fourth-order valence-corrected chi connectivity index (χ4v) is 3.22. The second-order valence-corrected chi connectivity index (χ2v) is 6.61. The highest BCUT2D eigenvalue weighted by Gasteiger charge is 2.18. The first kappa shape index (κ1) is 17.2. The van der Waals surface area contributed by atoms with Crippen molar-refractivity contribution in [1.82, 2.24) is 0 Å². The molecule has 1 aliphatic rings. The third kappa shape index (κ3) is 3.90. The topological polar surface area (TPSA) is 21.6 Å². The van der Waals surface area contributed by atoms with Crippen LogP contribution in [0.1, 0.15) is 39.2 Å². The van der Waals surface area contributed by atoms with Gasteiger partial charge in [-0.2, -0.15) is 0 Å². The molecule has 0 bridgehead atoms. The van der Waals surface area contributed by atoms with Crippen LogP contribution in [0.5, 0.6) is 5.75 Å². The first-order valence-electron chi connectivity index (χ1n) is 8.71. The number of rotatable bonds is 5. The van der Waals surface area contributed by atoms with E-state index in [-0.39, 0.29) is 0 Å². The first-order chi connectivity index (χ1) is 12.1. The second kappa shape index (κ2) is 7.52. The number of nitrogens with zero attached hydrogens (tertiary/aromatic N) is 1. The van der Waals surface area contributed by atoms with Gasteiger partial charge in [0.15, 0.2) is 0 Å². The van der Waals surface area contributed by atoms with Crippen LogP contribution in [-0.2, 0) is 0 Å². The Kier molecular flexibility index (Phi) is 5.18. The van der Waals surface area contributed by atoms with E-state index in [0.717, 1.165) is 30.0 Å². The van der Waals surface area contributed by atoms with Crippen molar-refractivity contribution in [3.8, 4) is 5.75 Å². The van der Waals surface area contributed by atoms with Crippen LogP contribution in [0, 0.1) is 0 Å². The Bertz CT molecular complexity index is 839. The number of ether oxygens (including phenoxy) is 1. The second-order valence-electron chi connectivity index (χ2n) is 6.61. The Balaban J connectivity index is 1.95. The Labute approximate surface area is 150 Å². The normalized spacial score (nSPS) is 15.1. The standard InChI is InChI=1S/C23H25NO/c1-16-14-20(18(3)17(16)2)15-23(19-8-6-5-7-9-19)24-21-10-12-22(25-4)13-11-21/h5-13H,14-15H2,1-4H3/b24-23-. The van der Waals surface area contributed by atoms with Crippen molar-refractivity contribution in [1.29, 1.82) is 0 Å². The molecule has 0 saturated heterocycles. The molecule has 0 radical (unpaired) electrons. The van der Waals surface area contributed by atoms with Gasteiger partial charge in [0.2, 0.25) is 0 Å². The molecule has 0 saturated carbocycles. The number of hydrogen-bond donors (Lipinski definition) is 0. The minimum atomic E-state index is 0.852. The van der Waals surface area contributed by atoms with Gasteiger partial charge < -0.3 is 4.74 Å². The van der Waals surface area contributed by atoms with Crippen molar-refractivity contribution < 1.29 is 4.74 Å². The summed E-state index contributed by atoms with van der Waals surface area (Å²) in [5.41, 5.74) is 9.07. The van der Waals surface area contributed by atoms with Gasteiger partial charge in [0, 0.05) is 6.42 Å². The van der Waals surface area contributed by atoms with Crippen LogP contribution in [0.2, 0.25) is 0 Å². The molecular weight excluding hydrogens is 306 g/mol. The summed E-state index contributed by atoms with van der Waals surface area (Å²) in [6.07, 6.45) is 1.95. The summed E-state index contributed by atoms with van der Waals surface area (Å²) in [6, 6.07) is 18.4. The summed E-state index contributed by atoms with van der Waals surface area (Å²) in [7, 11) is 1.68. The molecule has 25 heavy (non-hydrogen) atoms. The van der Waals surface area contributed by atoms with Crippen molar-refractivity contribution in [2.75, 3.05) is 7.11 Å². The lowest BCUT2D eigenvalue weighted by Crippen LogP contribution is -2.03. The Hall–Kier alpha value is -2.61. The van der Waals surface area contributed by atoms with E-state index in [0.29, 0.717) is 0 Å². The quantitative estimate of drug-likeness (QED) is 0.592. The van der Waals surface area contributed by atoms with Gasteiger partial charge in [0.25, 0.3) is 0 Å². The summed E-state index contributed by atoms with van der Waals surface area (Å²) in [5, 5.41) is 0. The largest absolute Gasteiger partial charge is 0.497 e. The van der Waals surface area contributed by atoms with Crippen molar-refractivity contribution in [2.45, 2.75) is 33.6 Å². The van der Waals surface area contributed by atoms with E-state index in [2.05, 4.69) is 45.0 Å². The van der Waals surface area contributed by atoms with Gasteiger partial charge in [-0.25, -0.2) is 0 Å². The summed E-state index contributed by atoms with van der Waals surface area (Å²) >= 11 is 0. The van der Waals surface area contributed by atoms with Crippen LogP contribution >= 0.6 is 0 Å². The minimum absolute atomic E-state index is 0.852. The summed E-state index contributed by atoms with van der Waals surface area (Å²) in [5.74, 6) is 0.852. The predicted molar refractivity (Wildman–Crippen MR) is 106 cm³/mol. The monoisotopic (exact) mass is 331 g/mol. The van der Waals surface area contributed by atoms with Gasteiger partial charge in [-0.05, 0) is 68.2 Å². The van der Waals surface area contributed by atoms with E-state index in [9.17, 15) is 0 Å². The highest BCUT2D eigenvalue weighted by atomic mass is 16.5. The van der Waals surface area contributed by atoms with Gasteiger partial charge in [-0.15, -0.1) is 0 Å². The molecule has 0 N–H and O–H groups in total. The molecule has 0 fully saturated rings. The van der Waals surface area contributed by atoms with Gasteiger partial charge in [-0.3, -0.25) is 4.99 Å². The zero-order valence-corrected chi connectivity index (χ0v) is 15.5. The fraction of sp³-hybridized carbons (Fsp3) is 0.261. The molecule has 2 aromatic carbocycles. The van der Waals surface area contributed by atoms with Crippen molar-refractivity contribution in [2.24, 2.45) is 4.99 Å². The van der Waals surface area contributed by atoms with E-state index in [1.165, 1.54) is 27.9 Å². The lowest BCUT2D eigenvalue weighted by molar-refractivity contribution is 0.415. The van der Waals surface area contributed by atoms with E-state index >= 15 is 0 Å². The maximum absolute atomic E-state index is 5.24. The van der Waals surface area contributed by atoms with Gasteiger partial charge in [0.05, 0.1) is 18.5 Å². The smallest absolute Gasteiger partial charge is 0.119 e. The van der Waals surface area contributed by atoms with E-state index < -0.39 is 0 Å². The van der Waals surface area contributed by atoms with Crippen LogP contribution < -0.4 is 4.74 Å². The highest BCUT2D eigenvalue weighted by Crippen LogP contribution is 2.34. The molecule has 2 nitrogen and oxygen atoms in total. The summed E-state index contributed by atoms with van der Waals surface area (Å²) in [4.78, 5) is 4.96. The van der Waals surface area contributed by atoms with Crippen LogP contribution in [-0.4, -0.2) is 12.8 Å².